The number of anilines is 1. The number of thiazole rings is 1. The first-order chi connectivity index (χ1) is 31.2. The van der Waals surface area contributed by atoms with Crippen molar-refractivity contribution < 1.29 is 52.4 Å². The number of rotatable bonds is 26. The lowest BCUT2D eigenvalue weighted by Gasteiger charge is -2.13. The normalized spacial score (nSPS) is 10.8. The smallest absolute Gasteiger partial charge is 0.343 e. The van der Waals surface area contributed by atoms with Gasteiger partial charge < -0.3 is 28.4 Å². The minimum Gasteiger partial charge on any atom is -0.494 e. The number of carbonyl (C=O) groups is 5. The van der Waals surface area contributed by atoms with Crippen molar-refractivity contribution >= 4 is 62.7 Å². The van der Waals surface area contributed by atoms with E-state index >= 15 is 0 Å². The van der Waals surface area contributed by atoms with Gasteiger partial charge in [-0.05, 0) is 136 Å². The molecule has 0 fully saturated rings. The Bertz CT molecular complexity index is 2390. The van der Waals surface area contributed by atoms with Gasteiger partial charge in [0.25, 0.3) is 5.91 Å². The molecule has 0 bridgehead atoms. The maximum absolute atomic E-state index is 13.4. The number of unbranched alkanes of at least 4 members (excludes halogenated alkanes) is 6. The van der Waals surface area contributed by atoms with E-state index < -0.39 is 29.8 Å². The van der Waals surface area contributed by atoms with Crippen molar-refractivity contribution in [1.82, 2.24) is 4.98 Å². The van der Waals surface area contributed by atoms with E-state index in [1.165, 1.54) is 35.8 Å². The van der Waals surface area contributed by atoms with Crippen molar-refractivity contribution in [2.75, 3.05) is 31.4 Å². The summed E-state index contributed by atoms with van der Waals surface area (Å²) in [6.07, 6.45) is 11.4. The van der Waals surface area contributed by atoms with Crippen LogP contribution in [-0.4, -0.2) is 67.4 Å². The molecule has 0 atom stereocenters. The first-order valence-electron chi connectivity index (χ1n) is 20.7. The Labute approximate surface area is 375 Å². The largest absolute Gasteiger partial charge is 0.494 e. The average molecular weight is 888 g/mol. The first kappa shape index (κ1) is 47.7. The Kier molecular flexibility index (Phi) is 19.0. The zero-order chi connectivity index (χ0) is 45.5. The summed E-state index contributed by atoms with van der Waals surface area (Å²) < 4.78 is 34.0. The maximum atomic E-state index is 13.4. The molecular weight excluding hydrogens is 839 g/mol. The van der Waals surface area contributed by atoms with E-state index in [0.717, 1.165) is 79.3 Å². The molecule has 332 valence electrons. The lowest BCUT2D eigenvalue weighted by atomic mass is 10.2. The molecule has 64 heavy (non-hydrogen) atoms. The predicted molar refractivity (Wildman–Crippen MR) is 244 cm³/mol. The molecule has 4 aromatic carbocycles. The minimum absolute atomic E-state index is 0.0704. The van der Waals surface area contributed by atoms with Gasteiger partial charge in [-0.2, -0.15) is 10.1 Å². The van der Waals surface area contributed by atoms with Crippen molar-refractivity contribution in [3.8, 4) is 23.0 Å². The van der Waals surface area contributed by atoms with Crippen LogP contribution < -0.4 is 24.0 Å². The van der Waals surface area contributed by atoms with Gasteiger partial charge in [0.2, 0.25) is 5.13 Å². The van der Waals surface area contributed by atoms with Crippen LogP contribution in [0.25, 0.3) is 10.2 Å². The summed E-state index contributed by atoms with van der Waals surface area (Å²) in [7, 11) is 0. The standard InChI is InChI=1S/C49H49N3O11S/c1-4-44(53)52(49-51-41-17-11-12-18-43(41)64-49)50-34-37-33-40(62-47(56)35-19-23-38(24-20-35)58-29-13-7-9-15-31-60-45(54)5-2)27-28-42(37)63-48(57)36-21-25-39(26-22-36)59-30-14-8-10-16-32-61-46(55)6-3/h4-6,11-12,17-28,33-34H,1-3,7-10,13-16,29-32H2/b50-34+. The molecular formula is C49H49N3O11S. The lowest BCUT2D eigenvalue weighted by Crippen LogP contribution is -2.23. The Balaban J connectivity index is 1.23. The third kappa shape index (κ3) is 15.2. The number of fused-ring (bicyclic) bond motifs is 1. The van der Waals surface area contributed by atoms with Gasteiger partial charge in [0.15, 0.2) is 0 Å². The van der Waals surface area contributed by atoms with Crippen molar-refractivity contribution in [2.24, 2.45) is 5.10 Å². The van der Waals surface area contributed by atoms with Crippen LogP contribution in [0.4, 0.5) is 5.13 Å². The van der Waals surface area contributed by atoms with Crippen LogP contribution in [0.1, 0.15) is 77.6 Å². The molecule has 0 aliphatic carbocycles. The Morgan fingerprint density at radius 1 is 0.594 bits per heavy atom. The fourth-order valence-electron chi connectivity index (χ4n) is 5.80. The van der Waals surface area contributed by atoms with Gasteiger partial charge in [0.05, 0.1) is 54.0 Å². The van der Waals surface area contributed by atoms with Gasteiger partial charge in [0.1, 0.15) is 23.0 Å². The van der Waals surface area contributed by atoms with E-state index in [-0.39, 0.29) is 33.3 Å². The average Bonchev–Trinajstić information content (AvgIpc) is 3.75. The molecule has 0 aliphatic rings. The van der Waals surface area contributed by atoms with Gasteiger partial charge in [-0.15, -0.1) is 0 Å². The predicted octanol–water partition coefficient (Wildman–Crippen LogP) is 9.62. The molecule has 0 aliphatic heterocycles. The molecule has 1 aromatic heterocycles. The number of hydrazone groups is 1. The number of ether oxygens (including phenoxy) is 6. The maximum Gasteiger partial charge on any atom is 0.343 e. The van der Waals surface area contributed by atoms with Crippen molar-refractivity contribution in [3.05, 3.63) is 146 Å². The number of hydrogen-bond donors (Lipinski definition) is 0. The molecule has 5 aromatic rings. The summed E-state index contributed by atoms with van der Waals surface area (Å²) in [4.78, 5) is 66.6. The summed E-state index contributed by atoms with van der Waals surface area (Å²) in [5.41, 5.74) is 1.40. The van der Waals surface area contributed by atoms with Crippen LogP contribution >= 0.6 is 11.3 Å². The van der Waals surface area contributed by atoms with Gasteiger partial charge in [-0.3, -0.25) is 4.79 Å². The number of esters is 4. The number of hydrogen-bond acceptors (Lipinski definition) is 14. The molecule has 0 N–H and O–H groups in total. The lowest BCUT2D eigenvalue weighted by molar-refractivity contribution is -0.138. The molecule has 14 nitrogen and oxygen atoms in total. The molecule has 0 unspecified atom stereocenters. The number of nitrogens with zero attached hydrogens (tertiary/aromatic N) is 3. The highest BCUT2D eigenvalue weighted by Gasteiger charge is 2.19. The fraction of sp³-hybridized carbons (Fsp3) is 0.245. The van der Waals surface area contributed by atoms with E-state index in [0.29, 0.717) is 43.4 Å². The van der Waals surface area contributed by atoms with E-state index in [1.807, 2.05) is 24.3 Å². The van der Waals surface area contributed by atoms with Gasteiger partial charge in [-0.25, -0.2) is 24.2 Å². The third-order valence-corrected chi connectivity index (χ3v) is 10.2. The van der Waals surface area contributed by atoms with Crippen LogP contribution in [0, 0.1) is 0 Å². The Morgan fingerprint density at radius 2 is 1.11 bits per heavy atom. The summed E-state index contributed by atoms with van der Waals surface area (Å²) in [6, 6.07) is 24.8. The summed E-state index contributed by atoms with van der Waals surface area (Å²) >= 11 is 1.25. The third-order valence-electron chi connectivity index (χ3n) is 9.17. The SMILES string of the molecule is C=CC(=O)OCCCCCCOc1ccc(C(=O)Oc2ccc(OC(=O)c3ccc(OCCCCCCOC(=O)C=C)cc3)c(/C=N/N(C(=O)C=C)c3nc4ccccc4s3)c2)cc1. The van der Waals surface area contributed by atoms with Crippen molar-refractivity contribution in [2.45, 2.75) is 51.4 Å². The molecule has 0 saturated heterocycles. The fourth-order valence-corrected chi connectivity index (χ4v) is 6.73. The van der Waals surface area contributed by atoms with Crippen LogP contribution in [0.3, 0.4) is 0 Å². The number of carbonyl (C=O) groups excluding carboxylic acids is 5. The van der Waals surface area contributed by atoms with E-state index in [4.69, 9.17) is 28.4 Å². The van der Waals surface area contributed by atoms with Gasteiger partial charge >= 0.3 is 23.9 Å². The monoisotopic (exact) mass is 887 g/mol. The van der Waals surface area contributed by atoms with Crippen LogP contribution in [0.2, 0.25) is 0 Å². The molecule has 1 amide bonds. The van der Waals surface area contributed by atoms with E-state index in [1.54, 1.807) is 48.5 Å². The molecule has 5 rings (SSSR count). The summed E-state index contributed by atoms with van der Waals surface area (Å²) in [5.74, 6) is -1.39. The second kappa shape index (κ2) is 25.5. The van der Waals surface area contributed by atoms with Gasteiger partial charge in [0, 0.05) is 17.7 Å². The quantitative estimate of drug-likeness (QED) is 0.0129. The van der Waals surface area contributed by atoms with Crippen molar-refractivity contribution in [3.63, 3.8) is 0 Å². The molecule has 15 heteroatoms. The first-order valence-corrected chi connectivity index (χ1v) is 21.5. The van der Waals surface area contributed by atoms with E-state index in [9.17, 15) is 24.0 Å². The number of amides is 1. The molecule has 0 spiro atoms. The number of para-hydroxylation sites is 1. The Hall–Kier alpha value is -7.39. The number of aromatic nitrogens is 1. The van der Waals surface area contributed by atoms with Crippen LogP contribution in [0.5, 0.6) is 23.0 Å². The second-order valence-corrected chi connectivity index (χ2v) is 14.9. The summed E-state index contributed by atoms with van der Waals surface area (Å²) in [5, 5.41) is 5.79. The highest BCUT2D eigenvalue weighted by molar-refractivity contribution is 7.22. The minimum atomic E-state index is -0.679. The molecule has 1 heterocycles. The van der Waals surface area contributed by atoms with Crippen LogP contribution in [0.15, 0.2) is 134 Å². The van der Waals surface area contributed by atoms with Crippen molar-refractivity contribution in [1.29, 1.82) is 0 Å². The highest BCUT2D eigenvalue weighted by atomic mass is 32.1. The Morgan fingerprint density at radius 3 is 1.64 bits per heavy atom. The van der Waals surface area contributed by atoms with E-state index in [2.05, 4.69) is 29.8 Å². The topological polar surface area (TPSA) is 169 Å². The number of benzene rings is 4. The van der Waals surface area contributed by atoms with Gasteiger partial charge in [-0.1, -0.05) is 43.2 Å². The second-order valence-electron chi connectivity index (χ2n) is 13.9. The molecule has 0 radical (unpaired) electrons. The zero-order valence-electron chi connectivity index (χ0n) is 35.3. The van der Waals surface area contributed by atoms with Crippen LogP contribution in [-0.2, 0) is 23.9 Å². The highest BCUT2D eigenvalue weighted by Crippen LogP contribution is 2.30. The zero-order valence-corrected chi connectivity index (χ0v) is 36.1. The molecule has 0 saturated carbocycles. The summed E-state index contributed by atoms with van der Waals surface area (Å²) in [6.45, 7) is 12.0.